The smallest absolute Gasteiger partial charge is 0.132 e. The van der Waals surface area contributed by atoms with Crippen LogP contribution >= 0.6 is 12.4 Å². The normalized spacial score (nSPS) is 15.2. The summed E-state index contributed by atoms with van der Waals surface area (Å²) < 4.78 is 0. The Labute approximate surface area is 126 Å². The minimum absolute atomic E-state index is 0. The third-order valence-corrected chi connectivity index (χ3v) is 3.87. The molecule has 1 saturated heterocycles. The highest BCUT2D eigenvalue weighted by Crippen LogP contribution is 2.24. The first-order valence-electron chi connectivity index (χ1n) is 7.14. The predicted molar refractivity (Wildman–Crippen MR) is 88.2 cm³/mol. The second-order valence-electron chi connectivity index (χ2n) is 5.25. The van der Waals surface area contributed by atoms with E-state index in [-0.39, 0.29) is 12.4 Å². The largest absolute Gasteiger partial charge is 0.354 e. The van der Waals surface area contributed by atoms with Crippen molar-refractivity contribution in [1.29, 1.82) is 0 Å². The van der Waals surface area contributed by atoms with Crippen LogP contribution in [0.4, 0.5) is 5.82 Å². The van der Waals surface area contributed by atoms with E-state index in [1.165, 1.54) is 16.5 Å². The Bertz CT molecular complexity index is 592. The lowest BCUT2D eigenvalue weighted by Crippen LogP contribution is -2.44. The van der Waals surface area contributed by atoms with Gasteiger partial charge in [-0.15, -0.1) is 12.4 Å². The first-order chi connectivity index (χ1) is 9.28. The van der Waals surface area contributed by atoms with E-state index >= 15 is 0 Å². The summed E-state index contributed by atoms with van der Waals surface area (Å²) in [6.45, 7) is 8.56. The quantitative estimate of drug-likeness (QED) is 0.922. The van der Waals surface area contributed by atoms with Gasteiger partial charge < -0.3 is 10.2 Å². The number of hydrogen-bond donors (Lipinski definition) is 1. The Hall–Kier alpha value is -1.32. The van der Waals surface area contributed by atoms with E-state index in [2.05, 4.69) is 48.3 Å². The third kappa shape index (κ3) is 2.89. The number of hydrogen-bond acceptors (Lipinski definition) is 3. The summed E-state index contributed by atoms with van der Waals surface area (Å²) in [7, 11) is 0. The van der Waals surface area contributed by atoms with Gasteiger partial charge in [-0.3, -0.25) is 0 Å². The highest BCUT2D eigenvalue weighted by Gasteiger charge is 2.14. The fourth-order valence-corrected chi connectivity index (χ4v) is 2.74. The van der Waals surface area contributed by atoms with E-state index in [0.717, 1.165) is 43.9 Å². The van der Waals surface area contributed by atoms with Gasteiger partial charge in [-0.2, -0.15) is 0 Å². The molecule has 1 N–H and O–H groups in total. The van der Waals surface area contributed by atoms with E-state index in [9.17, 15) is 0 Å². The van der Waals surface area contributed by atoms with E-state index in [4.69, 9.17) is 4.98 Å². The average Bonchev–Trinajstić information content (AvgIpc) is 2.47. The number of anilines is 1. The second kappa shape index (κ2) is 6.42. The van der Waals surface area contributed by atoms with Gasteiger partial charge in [0.05, 0.1) is 5.52 Å². The monoisotopic (exact) mass is 291 g/mol. The molecule has 3 rings (SSSR count). The minimum Gasteiger partial charge on any atom is -0.354 e. The molecule has 2 heterocycles. The lowest BCUT2D eigenvalue weighted by atomic mass is 10.1. The number of piperazine rings is 1. The summed E-state index contributed by atoms with van der Waals surface area (Å²) in [6.07, 6.45) is 1.08. The molecule has 0 bridgehead atoms. The van der Waals surface area contributed by atoms with Crippen LogP contribution in [0.5, 0.6) is 0 Å². The number of aryl methyl sites for hydroxylation is 2. The molecule has 108 valence electrons. The number of nitrogens with one attached hydrogen (secondary N) is 1. The number of nitrogens with zero attached hydrogens (tertiary/aromatic N) is 2. The molecule has 1 aliphatic rings. The second-order valence-corrected chi connectivity index (χ2v) is 5.25. The Morgan fingerprint density at radius 3 is 2.65 bits per heavy atom. The van der Waals surface area contributed by atoms with Crippen LogP contribution in [0.1, 0.15) is 18.1 Å². The van der Waals surface area contributed by atoms with Crippen LogP contribution < -0.4 is 10.2 Å². The molecule has 2 aromatic rings. The minimum atomic E-state index is 0. The molecule has 1 aromatic carbocycles. The molecular weight excluding hydrogens is 270 g/mol. The van der Waals surface area contributed by atoms with Crippen LogP contribution in [0.3, 0.4) is 0 Å². The summed E-state index contributed by atoms with van der Waals surface area (Å²) in [4.78, 5) is 7.26. The van der Waals surface area contributed by atoms with Crippen molar-refractivity contribution in [2.75, 3.05) is 31.1 Å². The molecule has 3 nitrogen and oxygen atoms in total. The zero-order chi connectivity index (χ0) is 13.2. The predicted octanol–water partition coefficient (Wildman–Crippen LogP) is 2.94. The molecule has 4 heteroatoms. The van der Waals surface area contributed by atoms with Crippen LogP contribution in [0.25, 0.3) is 10.9 Å². The van der Waals surface area contributed by atoms with Crippen molar-refractivity contribution in [3.05, 3.63) is 35.4 Å². The van der Waals surface area contributed by atoms with Gasteiger partial charge >= 0.3 is 0 Å². The van der Waals surface area contributed by atoms with Gasteiger partial charge in [-0.25, -0.2) is 4.98 Å². The van der Waals surface area contributed by atoms with Crippen LogP contribution in [0.2, 0.25) is 0 Å². The molecule has 1 fully saturated rings. The first kappa shape index (κ1) is 15.1. The van der Waals surface area contributed by atoms with Gasteiger partial charge in [-0.1, -0.05) is 13.0 Å². The van der Waals surface area contributed by atoms with Crippen molar-refractivity contribution in [1.82, 2.24) is 10.3 Å². The number of pyridine rings is 1. The summed E-state index contributed by atoms with van der Waals surface area (Å²) >= 11 is 0. The number of aromatic nitrogens is 1. The fraction of sp³-hybridized carbons (Fsp3) is 0.438. The molecule has 0 saturated carbocycles. The summed E-state index contributed by atoms with van der Waals surface area (Å²) in [5.41, 5.74) is 3.77. The zero-order valence-electron chi connectivity index (χ0n) is 12.1. The van der Waals surface area contributed by atoms with Crippen LogP contribution in [-0.4, -0.2) is 31.2 Å². The van der Waals surface area contributed by atoms with E-state index in [1.54, 1.807) is 0 Å². The Morgan fingerprint density at radius 2 is 1.95 bits per heavy atom. The Morgan fingerprint density at radius 1 is 1.20 bits per heavy atom. The third-order valence-electron chi connectivity index (χ3n) is 3.87. The van der Waals surface area contributed by atoms with Gasteiger partial charge in [0.15, 0.2) is 0 Å². The molecule has 0 spiro atoms. The lowest BCUT2D eigenvalue weighted by molar-refractivity contribution is 0.584. The Kier molecular flexibility index (Phi) is 4.84. The SMILES string of the molecule is CCc1ccc2nc(N3CCNCC3)c(C)cc2c1.Cl. The van der Waals surface area contributed by atoms with Crippen molar-refractivity contribution in [3.8, 4) is 0 Å². The molecule has 0 amide bonds. The lowest BCUT2D eigenvalue weighted by Gasteiger charge is -2.29. The van der Waals surface area contributed by atoms with Gasteiger partial charge in [-0.05, 0) is 42.7 Å². The average molecular weight is 292 g/mol. The van der Waals surface area contributed by atoms with Crippen LogP contribution in [-0.2, 0) is 6.42 Å². The molecule has 0 unspecified atom stereocenters. The van der Waals surface area contributed by atoms with Crippen LogP contribution in [0, 0.1) is 6.92 Å². The van der Waals surface area contributed by atoms with Gasteiger partial charge in [0.1, 0.15) is 5.82 Å². The van der Waals surface area contributed by atoms with Crippen molar-refractivity contribution < 1.29 is 0 Å². The molecule has 20 heavy (non-hydrogen) atoms. The zero-order valence-corrected chi connectivity index (χ0v) is 13.0. The van der Waals surface area contributed by atoms with Crippen molar-refractivity contribution >= 4 is 29.1 Å². The van der Waals surface area contributed by atoms with E-state index < -0.39 is 0 Å². The maximum Gasteiger partial charge on any atom is 0.132 e. The van der Waals surface area contributed by atoms with Gasteiger partial charge in [0.25, 0.3) is 0 Å². The molecular formula is C16H22ClN3. The summed E-state index contributed by atoms with van der Waals surface area (Å²) in [6, 6.07) is 8.88. The number of halogens is 1. The van der Waals surface area contributed by atoms with Crippen LogP contribution in [0.15, 0.2) is 24.3 Å². The molecule has 1 aliphatic heterocycles. The topological polar surface area (TPSA) is 28.2 Å². The molecule has 1 aromatic heterocycles. The van der Waals surface area contributed by atoms with E-state index in [0.29, 0.717) is 0 Å². The highest BCUT2D eigenvalue weighted by atomic mass is 35.5. The maximum atomic E-state index is 4.87. The van der Waals surface area contributed by atoms with Crippen molar-refractivity contribution in [2.24, 2.45) is 0 Å². The molecule has 0 radical (unpaired) electrons. The first-order valence-corrected chi connectivity index (χ1v) is 7.14. The number of fused-ring (bicyclic) bond motifs is 1. The van der Waals surface area contributed by atoms with E-state index in [1.807, 2.05) is 0 Å². The molecule has 0 aliphatic carbocycles. The number of rotatable bonds is 2. The summed E-state index contributed by atoms with van der Waals surface area (Å²) in [5.74, 6) is 1.15. The van der Waals surface area contributed by atoms with Crippen molar-refractivity contribution in [3.63, 3.8) is 0 Å². The highest BCUT2D eigenvalue weighted by molar-refractivity contribution is 5.85. The van der Waals surface area contributed by atoms with Crippen molar-refractivity contribution in [2.45, 2.75) is 20.3 Å². The standard InChI is InChI=1S/C16H21N3.ClH/c1-3-13-4-5-15-14(11-13)10-12(2)16(18-15)19-8-6-17-7-9-19;/h4-5,10-11,17H,3,6-9H2,1-2H3;1H. The van der Waals surface area contributed by atoms with Gasteiger partial charge in [0.2, 0.25) is 0 Å². The Balaban J connectivity index is 0.00000147. The fourth-order valence-electron chi connectivity index (χ4n) is 2.74. The van der Waals surface area contributed by atoms with Gasteiger partial charge in [0, 0.05) is 31.6 Å². The number of benzene rings is 1. The molecule has 0 atom stereocenters. The maximum absolute atomic E-state index is 4.87. The summed E-state index contributed by atoms with van der Waals surface area (Å²) in [5, 5.41) is 4.65.